The highest BCUT2D eigenvalue weighted by molar-refractivity contribution is 5.87. The van der Waals surface area contributed by atoms with E-state index in [4.69, 9.17) is 14.2 Å². The third-order valence-corrected chi connectivity index (χ3v) is 4.50. The van der Waals surface area contributed by atoms with E-state index < -0.39 is 17.8 Å². The van der Waals surface area contributed by atoms with Crippen LogP contribution in [0.4, 0.5) is 4.39 Å². The predicted octanol–water partition coefficient (Wildman–Crippen LogP) is 2.78. The molecule has 0 saturated heterocycles. The Morgan fingerprint density at radius 3 is 2.23 bits per heavy atom. The summed E-state index contributed by atoms with van der Waals surface area (Å²) in [6, 6.07) is 10.2. The van der Waals surface area contributed by atoms with E-state index in [9.17, 15) is 14.0 Å². The number of hydrogen-bond donors (Lipinski definition) is 1. The van der Waals surface area contributed by atoms with Gasteiger partial charge < -0.3 is 24.4 Å². The number of hydrogen-bond acceptors (Lipinski definition) is 5. The number of carbonyl (C=O) groups excluding carboxylic acids is 2. The zero-order valence-electron chi connectivity index (χ0n) is 17.6. The number of nitrogens with zero attached hydrogens (tertiary/aromatic N) is 1. The molecule has 0 aromatic heterocycles. The van der Waals surface area contributed by atoms with Crippen LogP contribution < -0.4 is 19.5 Å². The van der Waals surface area contributed by atoms with E-state index in [2.05, 4.69) is 5.32 Å². The Bertz CT molecular complexity index is 852. The molecule has 0 aliphatic rings. The molecule has 2 amide bonds. The molecular weight excluding hydrogens is 391 g/mol. The van der Waals surface area contributed by atoms with Gasteiger partial charge in [-0.1, -0.05) is 18.2 Å². The molecule has 1 N–H and O–H groups in total. The molecule has 0 spiro atoms. The molecule has 0 radical (unpaired) electrons. The molecule has 0 bridgehead atoms. The number of rotatable bonds is 10. The first-order chi connectivity index (χ1) is 14.4. The second-order valence-corrected chi connectivity index (χ2v) is 6.52. The number of likely N-dealkylation sites (N-methyl/N-ethyl adjacent to an activating group) is 1. The van der Waals surface area contributed by atoms with Crippen molar-refractivity contribution in [3.63, 3.8) is 0 Å². The molecule has 2 aromatic carbocycles. The fourth-order valence-corrected chi connectivity index (χ4v) is 2.81. The predicted molar refractivity (Wildman–Crippen MR) is 110 cm³/mol. The topological polar surface area (TPSA) is 77.1 Å². The van der Waals surface area contributed by atoms with Gasteiger partial charge in [-0.2, -0.15) is 0 Å². The molecule has 2 rings (SSSR count). The summed E-state index contributed by atoms with van der Waals surface area (Å²) in [5.74, 6) is 0.156. The summed E-state index contributed by atoms with van der Waals surface area (Å²) >= 11 is 0. The minimum atomic E-state index is -0.805. The highest BCUT2D eigenvalue weighted by Gasteiger charge is 2.27. The fraction of sp³-hybridized carbons (Fsp3) is 0.364. The second kappa shape index (κ2) is 11.0. The van der Waals surface area contributed by atoms with Gasteiger partial charge in [0, 0.05) is 36.9 Å². The normalized spacial score (nSPS) is 11.4. The van der Waals surface area contributed by atoms with Crippen molar-refractivity contribution in [2.24, 2.45) is 0 Å². The molecule has 0 fully saturated rings. The van der Waals surface area contributed by atoms with Crippen LogP contribution in [0.1, 0.15) is 19.4 Å². The number of amides is 2. The Labute approximate surface area is 175 Å². The van der Waals surface area contributed by atoms with Crippen LogP contribution in [-0.4, -0.2) is 50.1 Å². The van der Waals surface area contributed by atoms with E-state index in [-0.39, 0.29) is 19.1 Å². The minimum Gasteiger partial charge on any atom is -0.496 e. The third kappa shape index (κ3) is 6.10. The standard InChI is InChI=1S/C22H27FN2O5/c1-5-24-22(27)15(2)25(13-16-8-6-7-9-20(16)23)21(26)14-30-19-11-17(28-3)10-18(12-19)29-4/h6-12,15H,5,13-14H2,1-4H3,(H,24,27)/t15-/m0/s1. The summed E-state index contributed by atoms with van der Waals surface area (Å²) in [5, 5.41) is 2.68. The number of halogens is 1. The summed E-state index contributed by atoms with van der Waals surface area (Å²) in [5.41, 5.74) is 0.310. The van der Waals surface area contributed by atoms with Gasteiger partial charge in [0.2, 0.25) is 5.91 Å². The van der Waals surface area contributed by atoms with E-state index in [0.717, 1.165) is 0 Å². The van der Waals surface area contributed by atoms with Gasteiger partial charge in [-0.15, -0.1) is 0 Å². The molecule has 162 valence electrons. The molecule has 0 aliphatic carbocycles. The largest absolute Gasteiger partial charge is 0.496 e. The Morgan fingerprint density at radius 2 is 1.67 bits per heavy atom. The molecule has 7 nitrogen and oxygen atoms in total. The Balaban J connectivity index is 2.19. The first kappa shape index (κ1) is 23.0. The van der Waals surface area contributed by atoms with Crippen molar-refractivity contribution in [3.05, 3.63) is 53.8 Å². The number of benzene rings is 2. The molecule has 0 saturated carbocycles. The number of carbonyl (C=O) groups is 2. The lowest BCUT2D eigenvalue weighted by Crippen LogP contribution is -2.49. The Hall–Kier alpha value is -3.29. The van der Waals surface area contributed by atoms with Crippen molar-refractivity contribution in [1.29, 1.82) is 0 Å². The molecule has 0 aliphatic heterocycles. The van der Waals surface area contributed by atoms with Crippen LogP contribution in [0.3, 0.4) is 0 Å². The maximum absolute atomic E-state index is 14.1. The van der Waals surface area contributed by atoms with Crippen molar-refractivity contribution in [2.75, 3.05) is 27.4 Å². The lowest BCUT2D eigenvalue weighted by molar-refractivity contribution is -0.142. The van der Waals surface area contributed by atoms with E-state index in [1.165, 1.54) is 25.2 Å². The maximum Gasteiger partial charge on any atom is 0.261 e. The van der Waals surface area contributed by atoms with Crippen molar-refractivity contribution < 1.29 is 28.2 Å². The van der Waals surface area contributed by atoms with Crippen LogP contribution in [0.2, 0.25) is 0 Å². The molecule has 0 heterocycles. The summed E-state index contributed by atoms with van der Waals surface area (Å²) in [6.07, 6.45) is 0. The second-order valence-electron chi connectivity index (χ2n) is 6.52. The van der Waals surface area contributed by atoms with Gasteiger partial charge in [0.05, 0.1) is 14.2 Å². The van der Waals surface area contributed by atoms with E-state index in [0.29, 0.717) is 29.4 Å². The van der Waals surface area contributed by atoms with Gasteiger partial charge in [0.15, 0.2) is 6.61 Å². The number of nitrogens with one attached hydrogen (secondary N) is 1. The first-order valence-electron chi connectivity index (χ1n) is 9.56. The molecular formula is C22H27FN2O5. The zero-order valence-corrected chi connectivity index (χ0v) is 17.6. The van der Waals surface area contributed by atoms with Gasteiger partial charge in [0.1, 0.15) is 29.1 Å². The van der Waals surface area contributed by atoms with Crippen LogP contribution in [0.15, 0.2) is 42.5 Å². The van der Waals surface area contributed by atoms with E-state index >= 15 is 0 Å². The maximum atomic E-state index is 14.1. The van der Waals surface area contributed by atoms with Crippen LogP contribution >= 0.6 is 0 Å². The lowest BCUT2D eigenvalue weighted by Gasteiger charge is -2.28. The highest BCUT2D eigenvalue weighted by atomic mass is 19.1. The Morgan fingerprint density at radius 1 is 1.07 bits per heavy atom. The number of methoxy groups -OCH3 is 2. The summed E-state index contributed by atoms with van der Waals surface area (Å²) < 4.78 is 30.1. The highest BCUT2D eigenvalue weighted by Crippen LogP contribution is 2.27. The van der Waals surface area contributed by atoms with Gasteiger partial charge in [-0.05, 0) is 19.9 Å². The van der Waals surface area contributed by atoms with E-state index in [1.807, 2.05) is 0 Å². The average molecular weight is 418 g/mol. The van der Waals surface area contributed by atoms with Crippen molar-refractivity contribution in [1.82, 2.24) is 10.2 Å². The van der Waals surface area contributed by atoms with Crippen LogP contribution in [0, 0.1) is 5.82 Å². The van der Waals surface area contributed by atoms with Crippen LogP contribution in [-0.2, 0) is 16.1 Å². The molecule has 2 aromatic rings. The van der Waals surface area contributed by atoms with Gasteiger partial charge in [-0.25, -0.2) is 4.39 Å². The fourth-order valence-electron chi connectivity index (χ4n) is 2.81. The summed E-state index contributed by atoms with van der Waals surface area (Å²) in [6.45, 7) is 3.40. The minimum absolute atomic E-state index is 0.0609. The Kier molecular flexibility index (Phi) is 8.46. The third-order valence-electron chi connectivity index (χ3n) is 4.50. The SMILES string of the molecule is CCNC(=O)[C@H](C)N(Cc1ccccc1F)C(=O)COc1cc(OC)cc(OC)c1. The first-order valence-corrected chi connectivity index (χ1v) is 9.56. The van der Waals surface area contributed by atoms with Crippen molar-refractivity contribution in [2.45, 2.75) is 26.4 Å². The molecule has 8 heteroatoms. The molecule has 1 atom stereocenters. The van der Waals surface area contributed by atoms with E-state index in [1.54, 1.807) is 50.2 Å². The van der Waals surface area contributed by atoms with Crippen molar-refractivity contribution >= 4 is 11.8 Å². The van der Waals surface area contributed by atoms with Crippen LogP contribution in [0.25, 0.3) is 0 Å². The molecule has 0 unspecified atom stereocenters. The molecule has 30 heavy (non-hydrogen) atoms. The zero-order chi connectivity index (χ0) is 22.1. The average Bonchev–Trinajstić information content (AvgIpc) is 2.76. The van der Waals surface area contributed by atoms with Gasteiger partial charge >= 0.3 is 0 Å². The summed E-state index contributed by atoms with van der Waals surface area (Å²) in [7, 11) is 3.02. The van der Waals surface area contributed by atoms with Crippen molar-refractivity contribution in [3.8, 4) is 17.2 Å². The summed E-state index contributed by atoms with van der Waals surface area (Å²) in [4.78, 5) is 26.6. The van der Waals surface area contributed by atoms with Gasteiger partial charge in [-0.3, -0.25) is 9.59 Å². The quantitative estimate of drug-likeness (QED) is 0.642. The van der Waals surface area contributed by atoms with Crippen LogP contribution in [0.5, 0.6) is 17.2 Å². The smallest absolute Gasteiger partial charge is 0.261 e. The monoisotopic (exact) mass is 418 g/mol. The number of ether oxygens (including phenoxy) is 3. The van der Waals surface area contributed by atoms with Gasteiger partial charge in [0.25, 0.3) is 5.91 Å². The lowest BCUT2D eigenvalue weighted by atomic mass is 10.1.